The molecule has 2 amide bonds. The summed E-state index contributed by atoms with van der Waals surface area (Å²) in [7, 11) is 2.48. The van der Waals surface area contributed by atoms with Crippen LogP contribution in [0.2, 0.25) is 0 Å². The first-order valence-corrected chi connectivity index (χ1v) is 7.43. The van der Waals surface area contributed by atoms with E-state index in [-0.39, 0.29) is 22.5 Å². The highest BCUT2D eigenvalue weighted by Gasteiger charge is 2.16. The number of carbonyl (C=O) groups is 4. The molecular weight excluding hydrogens is 340 g/mol. The van der Waals surface area contributed by atoms with E-state index in [0.29, 0.717) is 0 Å². The minimum atomic E-state index is -0.935. The minimum Gasteiger partial charge on any atom is -0.465 e. The smallest absolute Gasteiger partial charge is 0.337 e. The number of hydrogen-bond acceptors (Lipinski definition) is 6. The maximum absolute atomic E-state index is 12.0. The number of amides is 2. The van der Waals surface area contributed by atoms with Crippen molar-refractivity contribution in [3.05, 3.63) is 59.7 Å². The van der Waals surface area contributed by atoms with E-state index >= 15 is 0 Å². The molecule has 0 saturated carbocycles. The molecular formula is C18H16N2O6. The summed E-state index contributed by atoms with van der Waals surface area (Å²) >= 11 is 0. The van der Waals surface area contributed by atoms with Crippen LogP contribution in [-0.4, -0.2) is 38.0 Å². The van der Waals surface area contributed by atoms with Crippen molar-refractivity contribution in [2.45, 2.75) is 0 Å². The van der Waals surface area contributed by atoms with Crippen molar-refractivity contribution in [1.29, 1.82) is 0 Å². The summed E-state index contributed by atoms with van der Waals surface area (Å²) in [5.74, 6) is -3.00. The molecule has 2 rings (SSSR count). The quantitative estimate of drug-likeness (QED) is 0.639. The van der Waals surface area contributed by atoms with Gasteiger partial charge in [-0.2, -0.15) is 0 Å². The Bertz CT molecular complexity index is 791. The topological polar surface area (TPSA) is 111 Å². The molecule has 0 spiro atoms. The normalized spacial score (nSPS) is 9.77. The Balaban J connectivity index is 2.05. The van der Waals surface area contributed by atoms with Gasteiger partial charge in [-0.25, -0.2) is 9.59 Å². The molecule has 0 aliphatic rings. The van der Waals surface area contributed by atoms with Crippen LogP contribution in [0.5, 0.6) is 0 Å². The highest BCUT2D eigenvalue weighted by Crippen LogP contribution is 2.13. The summed E-state index contributed by atoms with van der Waals surface area (Å²) in [6, 6.07) is 11.9. The van der Waals surface area contributed by atoms with E-state index in [2.05, 4.69) is 20.1 Å². The maximum atomic E-state index is 12.0. The largest absolute Gasteiger partial charge is 0.465 e. The van der Waals surface area contributed by atoms with E-state index in [4.69, 9.17) is 0 Å². The van der Waals surface area contributed by atoms with E-state index in [1.807, 2.05) is 0 Å². The molecule has 0 fully saturated rings. The number of carbonyl (C=O) groups excluding carboxylic acids is 4. The molecule has 2 aromatic rings. The Morgan fingerprint density at radius 2 is 1.08 bits per heavy atom. The van der Waals surface area contributed by atoms with Crippen molar-refractivity contribution < 1.29 is 28.7 Å². The lowest BCUT2D eigenvalue weighted by molar-refractivity contribution is -0.132. The van der Waals surface area contributed by atoms with Crippen LogP contribution in [0.25, 0.3) is 0 Å². The second kappa shape index (κ2) is 8.43. The first kappa shape index (κ1) is 18.7. The summed E-state index contributed by atoms with van der Waals surface area (Å²) < 4.78 is 9.19. The lowest BCUT2D eigenvalue weighted by Gasteiger charge is -2.08. The Morgan fingerprint density at radius 3 is 1.42 bits per heavy atom. The van der Waals surface area contributed by atoms with Crippen LogP contribution in [-0.2, 0) is 19.1 Å². The summed E-state index contributed by atoms with van der Waals surface area (Å²) in [5, 5.41) is 4.76. The van der Waals surface area contributed by atoms with Crippen molar-refractivity contribution in [3.8, 4) is 0 Å². The second-order valence-electron chi connectivity index (χ2n) is 5.05. The highest BCUT2D eigenvalue weighted by atomic mass is 16.5. The molecule has 0 radical (unpaired) electrons. The Hall–Kier alpha value is -3.68. The van der Waals surface area contributed by atoms with Gasteiger partial charge in [-0.05, 0) is 36.4 Å². The molecule has 8 heteroatoms. The van der Waals surface area contributed by atoms with Crippen LogP contribution in [0.3, 0.4) is 0 Å². The molecule has 2 aromatic carbocycles. The van der Waals surface area contributed by atoms with E-state index in [1.54, 1.807) is 12.1 Å². The second-order valence-corrected chi connectivity index (χ2v) is 5.05. The molecule has 0 heterocycles. The van der Waals surface area contributed by atoms with Crippen LogP contribution >= 0.6 is 0 Å². The number of anilines is 2. The SMILES string of the molecule is COC(=O)c1cccc(NC(=O)C(=O)Nc2cccc(C(=O)OC)c2)c1. The number of esters is 2. The number of hydrogen-bond donors (Lipinski definition) is 2. The fourth-order valence-electron chi connectivity index (χ4n) is 2.06. The van der Waals surface area contributed by atoms with Crippen LogP contribution in [0.15, 0.2) is 48.5 Å². The third-order valence-corrected chi connectivity index (χ3v) is 3.29. The number of rotatable bonds is 4. The molecule has 0 aromatic heterocycles. The van der Waals surface area contributed by atoms with Gasteiger partial charge in [0.25, 0.3) is 0 Å². The molecule has 134 valence electrons. The average Bonchev–Trinajstić information content (AvgIpc) is 2.67. The molecule has 0 saturated heterocycles. The van der Waals surface area contributed by atoms with Gasteiger partial charge in [0.2, 0.25) is 0 Å². The van der Waals surface area contributed by atoms with E-state index < -0.39 is 23.8 Å². The summed E-state index contributed by atoms with van der Waals surface area (Å²) in [6.45, 7) is 0. The number of ether oxygens (including phenoxy) is 2. The van der Waals surface area contributed by atoms with Gasteiger partial charge in [0.15, 0.2) is 0 Å². The van der Waals surface area contributed by atoms with E-state index in [0.717, 1.165) is 0 Å². The summed E-state index contributed by atoms with van der Waals surface area (Å²) in [4.78, 5) is 47.0. The van der Waals surface area contributed by atoms with Gasteiger partial charge >= 0.3 is 23.8 Å². The van der Waals surface area contributed by atoms with Gasteiger partial charge in [0, 0.05) is 11.4 Å². The minimum absolute atomic E-state index is 0.233. The first-order valence-electron chi connectivity index (χ1n) is 7.43. The maximum Gasteiger partial charge on any atom is 0.337 e. The number of nitrogens with one attached hydrogen (secondary N) is 2. The van der Waals surface area contributed by atoms with Crippen molar-refractivity contribution in [1.82, 2.24) is 0 Å². The Labute approximate surface area is 149 Å². The van der Waals surface area contributed by atoms with Crippen LogP contribution in [0.4, 0.5) is 11.4 Å². The lowest BCUT2D eigenvalue weighted by atomic mass is 10.2. The lowest BCUT2D eigenvalue weighted by Crippen LogP contribution is -2.29. The molecule has 0 atom stereocenters. The zero-order valence-electron chi connectivity index (χ0n) is 14.1. The number of methoxy groups -OCH3 is 2. The van der Waals surface area contributed by atoms with Gasteiger partial charge in [0.1, 0.15) is 0 Å². The highest BCUT2D eigenvalue weighted by molar-refractivity contribution is 6.43. The first-order chi connectivity index (χ1) is 12.4. The van der Waals surface area contributed by atoms with Gasteiger partial charge < -0.3 is 20.1 Å². The molecule has 2 N–H and O–H groups in total. The van der Waals surface area contributed by atoms with Gasteiger partial charge in [-0.15, -0.1) is 0 Å². The molecule has 0 unspecified atom stereocenters. The van der Waals surface area contributed by atoms with Crippen molar-refractivity contribution in [2.24, 2.45) is 0 Å². The molecule has 26 heavy (non-hydrogen) atoms. The van der Waals surface area contributed by atoms with Crippen molar-refractivity contribution in [3.63, 3.8) is 0 Å². The number of benzene rings is 2. The standard InChI is InChI=1S/C18H16N2O6/c1-25-17(23)11-5-3-7-13(9-11)19-15(21)16(22)20-14-8-4-6-12(10-14)18(24)26-2/h3-10H,1-2H3,(H,19,21)(H,20,22). The van der Waals surface area contributed by atoms with Crippen molar-refractivity contribution >= 4 is 35.1 Å². The third-order valence-electron chi connectivity index (χ3n) is 3.29. The molecule has 0 aliphatic carbocycles. The predicted octanol–water partition coefficient (Wildman–Crippen LogP) is 1.84. The van der Waals surface area contributed by atoms with Gasteiger partial charge in [-0.3, -0.25) is 9.59 Å². The van der Waals surface area contributed by atoms with Crippen LogP contribution < -0.4 is 10.6 Å². The van der Waals surface area contributed by atoms with Gasteiger partial charge in [0.05, 0.1) is 25.3 Å². The third kappa shape index (κ3) is 4.67. The fraction of sp³-hybridized carbons (Fsp3) is 0.111. The van der Waals surface area contributed by atoms with E-state index in [1.165, 1.54) is 50.6 Å². The molecule has 0 aliphatic heterocycles. The van der Waals surface area contributed by atoms with Crippen molar-refractivity contribution in [2.75, 3.05) is 24.9 Å². The average molecular weight is 356 g/mol. The summed E-state index contributed by atoms with van der Waals surface area (Å²) in [6.07, 6.45) is 0. The zero-order valence-corrected chi connectivity index (χ0v) is 14.1. The molecule has 8 nitrogen and oxygen atoms in total. The Kier molecular flexibility index (Phi) is 6.05. The Morgan fingerprint density at radius 1 is 0.692 bits per heavy atom. The van der Waals surface area contributed by atoms with E-state index in [9.17, 15) is 19.2 Å². The summed E-state index contributed by atoms with van der Waals surface area (Å²) in [5.41, 5.74) is 0.987. The van der Waals surface area contributed by atoms with Gasteiger partial charge in [-0.1, -0.05) is 12.1 Å². The zero-order chi connectivity index (χ0) is 19.1. The van der Waals surface area contributed by atoms with Crippen LogP contribution in [0, 0.1) is 0 Å². The monoisotopic (exact) mass is 356 g/mol. The van der Waals surface area contributed by atoms with Crippen LogP contribution in [0.1, 0.15) is 20.7 Å². The fourth-order valence-corrected chi connectivity index (χ4v) is 2.06. The molecule has 0 bridgehead atoms. The predicted molar refractivity (Wildman–Crippen MR) is 92.8 cm³/mol.